The van der Waals surface area contributed by atoms with Gasteiger partial charge in [-0.25, -0.2) is 4.79 Å². The molecule has 2 aliphatic heterocycles. The molecule has 0 atom stereocenters. The number of nitrogens with zero attached hydrogens (tertiary/aromatic N) is 2. The second kappa shape index (κ2) is 7.99. The van der Waals surface area contributed by atoms with Crippen molar-refractivity contribution in [3.05, 3.63) is 35.5 Å². The highest BCUT2D eigenvalue weighted by Gasteiger charge is 2.21. The first-order chi connectivity index (χ1) is 12.8. The van der Waals surface area contributed by atoms with E-state index in [0.717, 1.165) is 57.1 Å². The number of nitrogens with one attached hydrogen (secondary N) is 1. The molecule has 0 bridgehead atoms. The average molecular weight is 357 g/mol. The molecule has 3 aliphatic rings. The predicted octanol–water partition coefficient (Wildman–Crippen LogP) is 3.09. The van der Waals surface area contributed by atoms with Gasteiger partial charge in [-0.15, -0.1) is 0 Å². The van der Waals surface area contributed by atoms with Gasteiger partial charge >= 0.3 is 6.03 Å². The molecule has 2 amide bonds. The number of benzene rings is 1. The lowest BCUT2D eigenvalue weighted by atomic mass is 9.96. The molecule has 2 heterocycles. The minimum Gasteiger partial charge on any atom is -0.454 e. The summed E-state index contributed by atoms with van der Waals surface area (Å²) in [4.78, 5) is 16.6. The second-order valence-electron chi connectivity index (χ2n) is 7.26. The Kier molecular flexibility index (Phi) is 5.29. The Labute approximate surface area is 154 Å². The van der Waals surface area contributed by atoms with Crippen LogP contribution in [0.3, 0.4) is 0 Å². The van der Waals surface area contributed by atoms with Crippen molar-refractivity contribution in [3.8, 4) is 11.5 Å². The first-order valence-electron chi connectivity index (χ1n) is 9.62. The minimum absolute atomic E-state index is 0.0332. The number of allylic oxidation sites excluding steroid dienone is 1. The summed E-state index contributed by atoms with van der Waals surface area (Å²) in [5, 5.41) is 2.99. The summed E-state index contributed by atoms with van der Waals surface area (Å²) < 4.78 is 10.8. The molecule has 0 unspecified atom stereocenters. The first-order valence-corrected chi connectivity index (χ1v) is 9.62. The molecule has 1 N–H and O–H groups in total. The Morgan fingerprint density at radius 3 is 2.62 bits per heavy atom. The van der Waals surface area contributed by atoms with E-state index < -0.39 is 0 Å². The Morgan fingerprint density at radius 2 is 1.81 bits per heavy atom. The lowest BCUT2D eigenvalue weighted by Gasteiger charge is -2.34. The van der Waals surface area contributed by atoms with E-state index in [-0.39, 0.29) is 6.03 Å². The first kappa shape index (κ1) is 17.2. The van der Waals surface area contributed by atoms with Crippen LogP contribution in [0.25, 0.3) is 0 Å². The van der Waals surface area contributed by atoms with Crippen LogP contribution in [0.1, 0.15) is 37.7 Å². The molecule has 6 nitrogen and oxygen atoms in total. The van der Waals surface area contributed by atoms with Crippen molar-refractivity contribution in [3.63, 3.8) is 0 Å². The van der Waals surface area contributed by atoms with Crippen LogP contribution in [0.2, 0.25) is 0 Å². The quantitative estimate of drug-likeness (QED) is 0.903. The second-order valence-corrected chi connectivity index (χ2v) is 7.26. The van der Waals surface area contributed by atoms with Crippen LogP contribution in [0.5, 0.6) is 11.5 Å². The number of ether oxygens (including phenoxy) is 2. The van der Waals surface area contributed by atoms with Gasteiger partial charge in [0.05, 0.1) is 0 Å². The van der Waals surface area contributed by atoms with E-state index in [1.807, 2.05) is 17.2 Å². The normalized spacial score (nSPS) is 20.2. The van der Waals surface area contributed by atoms with Crippen LogP contribution in [-0.4, -0.2) is 48.8 Å². The Balaban J connectivity index is 1.24. The van der Waals surface area contributed by atoms with Gasteiger partial charge in [-0.3, -0.25) is 4.90 Å². The number of piperazine rings is 1. The monoisotopic (exact) mass is 357 g/mol. The highest BCUT2D eigenvalue weighted by Crippen LogP contribution is 2.32. The molecule has 1 saturated heterocycles. The van der Waals surface area contributed by atoms with Crippen LogP contribution < -0.4 is 14.8 Å². The highest BCUT2D eigenvalue weighted by atomic mass is 16.7. The third kappa shape index (κ3) is 4.12. The fourth-order valence-electron chi connectivity index (χ4n) is 3.81. The highest BCUT2D eigenvalue weighted by molar-refractivity contribution is 5.75. The molecule has 4 rings (SSSR count). The number of hydrogen-bond acceptors (Lipinski definition) is 4. The van der Waals surface area contributed by atoms with Gasteiger partial charge in [0.15, 0.2) is 11.5 Å². The Hall–Kier alpha value is -2.21. The third-order valence-electron chi connectivity index (χ3n) is 5.40. The lowest BCUT2D eigenvalue weighted by molar-refractivity contribution is 0.137. The van der Waals surface area contributed by atoms with Gasteiger partial charge in [0, 0.05) is 38.9 Å². The molecule has 26 heavy (non-hydrogen) atoms. The fourth-order valence-corrected chi connectivity index (χ4v) is 3.81. The number of amides is 2. The van der Waals surface area contributed by atoms with Crippen molar-refractivity contribution in [1.82, 2.24) is 15.1 Å². The van der Waals surface area contributed by atoms with Crippen LogP contribution in [-0.2, 0) is 6.54 Å². The van der Waals surface area contributed by atoms with Crippen molar-refractivity contribution >= 4 is 6.03 Å². The maximum absolute atomic E-state index is 12.4. The fraction of sp³-hybridized carbons (Fsp3) is 0.550. The van der Waals surface area contributed by atoms with Crippen molar-refractivity contribution in [1.29, 1.82) is 0 Å². The largest absolute Gasteiger partial charge is 0.454 e. The number of urea groups is 1. The van der Waals surface area contributed by atoms with E-state index in [1.54, 1.807) is 0 Å². The van der Waals surface area contributed by atoms with Crippen LogP contribution in [0.4, 0.5) is 4.79 Å². The summed E-state index contributed by atoms with van der Waals surface area (Å²) in [7, 11) is 0. The molecule has 0 spiro atoms. The molecule has 1 saturated carbocycles. The number of carbonyl (C=O) groups is 1. The maximum Gasteiger partial charge on any atom is 0.321 e. The Morgan fingerprint density at radius 1 is 1.04 bits per heavy atom. The number of rotatable bonds is 3. The zero-order valence-electron chi connectivity index (χ0n) is 15.2. The van der Waals surface area contributed by atoms with Gasteiger partial charge in [-0.05, 0) is 43.4 Å². The maximum atomic E-state index is 12.4. The molecule has 140 valence electrons. The van der Waals surface area contributed by atoms with Gasteiger partial charge in [0.25, 0.3) is 0 Å². The predicted molar refractivity (Wildman–Crippen MR) is 99.1 cm³/mol. The molecule has 1 aliphatic carbocycles. The topological polar surface area (TPSA) is 54.0 Å². The minimum atomic E-state index is 0.0332. The average Bonchev–Trinajstić information content (AvgIpc) is 3.15. The van der Waals surface area contributed by atoms with E-state index in [1.165, 1.54) is 30.4 Å². The number of fused-ring (bicyclic) bond motifs is 1. The Bertz CT molecular complexity index is 673. The van der Waals surface area contributed by atoms with Crippen molar-refractivity contribution in [2.24, 2.45) is 0 Å². The van der Waals surface area contributed by atoms with Gasteiger partial charge in [-0.2, -0.15) is 0 Å². The van der Waals surface area contributed by atoms with Crippen LogP contribution in [0, 0.1) is 0 Å². The zero-order chi connectivity index (χ0) is 17.8. The number of carbonyl (C=O) groups excluding carboxylic acids is 1. The molecule has 0 radical (unpaired) electrons. The molecule has 0 aromatic heterocycles. The van der Waals surface area contributed by atoms with Crippen molar-refractivity contribution in [2.45, 2.75) is 38.6 Å². The van der Waals surface area contributed by atoms with Gasteiger partial charge in [-0.1, -0.05) is 18.1 Å². The summed E-state index contributed by atoms with van der Waals surface area (Å²) in [5.74, 6) is 1.65. The smallest absolute Gasteiger partial charge is 0.321 e. The van der Waals surface area contributed by atoms with E-state index in [2.05, 4.69) is 22.3 Å². The molecule has 1 aromatic carbocycles. The zero-order valence-corrected chi connectivity index (χ0v) is 15.2. The van der Waals surface area contributed by atoms with Crippen molar-refractivity contribution in [2.75, 3.05) is 33.0 Å². The van der Waals surface area contributed by atoms with E-state index in [9.17, 15) is 4.79 Å². The molecular formula is C20H27N3O3. The van der Waals surface area contributed by atoms with E-state index >= 15 is 0 Å². The molecule has 2 fully saturated rings. The van der Waals surface area contributed by atoms with Crippen LogP contribution in [0.15, 0.2) is 30.0 Å². The van der Waals surface area contributed by atoms with Gasteiger partial charge in [0.1, 0.15) is 0 Å². The van der Waals surface area contributed by atoms with E-state index in [4.69, 9.17) is 9.47 Å². The SMILES string of the molecule is O=C(NC=C1CCCCC1)N1CCN(Cc2ccc3c(c2)OCO3)CC1. The van der Waals surface area contributed by atoms with Gasteiger partial charge in [0.2, 0.25) is 6.79 Å². The standard InChI is InChI=1S/C20H27N3O3/c24-20(21-13-16-4-2-1-3-5-16)23-10-8-22(9-11-23)14-17-6-7-18-19(12-17)26-15-25-18/h6-7,12-13H,1-5,8-11,14-15H2,(H,21,24). The summed E-state index contributed by atoms with van der Waals surface area (Å²) in [6.45, 7) is 4.48. The van der Waals surface area contributed by atoms with E-state index in [0.29, 0.717) is 6.79 Å². The van der Waals surface area contributed by atoms with Gasteiger partial charge < -0.3 is 19.7 Å². The summed E-state index contributed by atoms with van der Waals surface area (Å²) in [6.07, 6.45) is 8.02. The molecule has 1 aromatic rings. The lowest BCUT2D eigenvalue weighted by Crippen LogP contribution is -2.50. The summed E-state index contributed by atoms with van der Waals surface area (Å²) in [5.41, 5.74) is 2.60. The number of hydrogen-bond donors (Lipinski definition) is 1. The molecule has 6 heteroatoms. The van der Waals surface area contributed by atoms with Crippen molar-refractivity contribution < 1.29 is 14.3 Å². The summed E-state index contributed by atoms with van der Waals surface area (Å²) >= 11 is 0. The molecular weight excluding hydrogens is 330 g/mol. The third-order valence-corrected chi connectivity index (χ3v) is 5.40. The summed E-state index contributed by atoms with van der Waals surface area (Å²) in [6, 6.07) is 6.15. The van der Waals surface area contributed by atoms with Crippen LogP contribution >= 0.6 is 0 Å².